The number of nitrogens with zero attached hydrogens (tertiary/aromatic N) is 1. The van der Waals surface area contributed by atoms with Gasteiger partial charge in [-0.15, -0.1) is 0 Å². The van der Waals surface area contributed by atoms with E-state index in [4.69, 9.17) is 4.74 Å². The zero-order valence-electron chi connectivity index (χ0n) is 12.6. The molecule has 1 saturated heterocycles. The maximum absolute atomic E-state index is 11.5. The van der Waals surface area contributed by atoms with E-state index >= 15 is 0 Å². The highest BCUT2D eigenvalue weighted by Crippen LogP contribution is 2.10. The molecule has 0 radical (unpaired) electrons. The van der Waals surface area contributed by atoms with Crippen LogP contribution < -0.4 is 10.6 Å². The van der Waals surface area contributed by atoms with Gasteiger partial charge in [-0.1, -0.05) is 0 Å². The van der Waals surface area contributed by atoms with Crippen LogP contribution in [0.3, 0.4) is 0 Å². The molecule has 1 fully saturated rings. The molecule has 5 heteroatoms. The molecule has 0 saturated carbocycles. The highest BCUT2D eigenvalue weighted by atomic mass is 16.5. The summed E-state index contributed by atoms with van der Waals surface area (Å²) in [6.07, 6.45) is 3.17. The molecule has 0 aromatic rings. The first-order valence-electron chi connectivity index (χ1n) is 7.41. The van der Waals surface area contributed by atoms with Crippen LogP contribution in [-0.2, 0) is 9.53 Å². The predicted octanol–water partition coefficient (Wildman–Crippen LogP) is 0.602. The third-order valence-corrected chi connectivity index (χ3v) is 3.30. The van der Waals surface area contributed by atoms with Gasteiger partial charge in [0.1, 0.15) is 0 Å². The maximum Gasteiger partial charge on any atom is 0.220 e. The van der Waals surface area contributed by atoms with Gasteiger partial charge < -0.3 is 15.4 Å². The lowest BCUT2D eigenvalue weighted by molar-refractivity contribution is -0.121. The highest BCUT2D eigenvalue weighted by molar-refractivity contribution is 5.75. The summed E-state index contributed by atoms with van der Waals surface area (Å²) in [6.45, 7) is 8.95. The molecule has 1 rings (SSSR count). The van der Waals surface area contributed by atoms with Gasteiger partial charge in [0.25, 0.3) is 0 Å². The van der Waals surface area contributed by atoms with Crippen molar-refractivity contribution in [3.05, 3.63) is 0 Å². The molecule has 0 aromatic heterocycles. The first kappa shape index (κ1) is 16.4. The molecule has 0 bridgehead atoms. The zero-order valence-corrected chi connectivity index (χ0v) is 12.6. The number of ether oxygens (including phenoxy) is 1. The Kier molecular flexibility index (Phi) is 8.02. The predicted molar refractivity (Wildman–Crippen MR) is 77.2 cm³/mol. The standard InChI is InChI=1S/C14H29N3O2/c1-12-10-17(11-13(2)19-12)9-5-8-16-14(18)6-4-7-15-3/h12-13,15H,4-11H2,1-3H3,(H,16,18). The minimum Gasteiger partial charge on any atom is -0.373 e. The summed E-state index contributed by atoms with van der Waals surface area (Å²) in [7, 11) is 1.90. The van der Waals surface area contributed by atoms with Crippen molar-refractivity contribution in [2.24, 2.45) is 0 Å². The summed E-state index contributed by atoms with van der Waals surface area (Å²) >= 11 is 0. The van der Waals surface area contributed by atoms with Gasteiger partial charge in [-0.3, -0.25) is 9.69 Å². The van der Waals surface area contributed by atoms with Crippen LogP contribution in [0.4, 0.5) is 0 Å². The fourth-order valence-electron chi connectivity index (χ4n) is 2.51. The van der Waals surface area contributed by atoms with Crippen molar-refractivity contribution in [1.82, 2.24) is 15.5 Å². The smallest absolute Gasteiger partial charge is 0.220 e. The molecule has 2 unspecified atom stereocenters. The second kappa shape index (κ2) is 9.28. The van der Waals surface area contributed by atoms with Crippen molar-refractivity contribution in [2.75, 3.05) is 39.8 Å². The Morgan fingerprint density at radius 3 is 2.53 bits per heavy atom. The Bertz CT molecular complexity index is 251. The van der Waals surface area contributed by atoms with Crippen molar-refractivity contribution in [3.63, 3.8) is 0 Å². The number of amides is 1. The van der Waals surface area contributed by atoms with Crippen molar-refractivity contribution < 1.29 is 9.53 Å². The summed E-state index contributed by atoms with van der Waals surface area (Å²) < 4.78 is 5.70. The fourth-order valence-corrected chi connectivity index (χ4v) is 2.51. The van der Waals surface area contributed by atoms with Crippen LogP contribution in [0.5, 0.6) is 0 Å². The number of nitrogens with one attached hydrogen (secondary N) is 2. The topological polar surface area (TPSA) is 53.6 Å². The van der Waals surface area contributed by atoms with Crippen molar-refractivity contribution in [3.8, 4) is 0 Å². The van der Waals surface area contributed by atoms with E-state index in [0.29, 0.717) is 18.6 Å². The van der Waals surface area contributed by atoms with E-state index in [1.165, 1.54) is 0 Å². The highest BCUT2D eigenvalue weighted by Gasteiger charge is 2.21. The minimum atomic E-state index is 0.166. The molecule has 112 valence electrons. The number of hydrogen-bond donors (Lipinski definition) is 2. The van der Waals surface area contributed by atoms with Crippen LogP contribution in [0.15, 0.2) is 0 Å². The second-order valence-electron chi connectivity index (χ2n) is 5.43. The molecule has 2 atom stereocenters. The molecule has 0 spiro atoms. The molecule has 1 heterocycles. The van der Waals surface area contributed by atoms with E-state index in [1.807, 2.05) is 7.05 Å². The first-order chi connectivity index (χ1) is 9.11. The largest absolute Gasteiger partial charge is 0.373 e. The Balaban J connectivity index is 2.02. The van der Waals surface area contributed by atoms with Crippen LogP contribution in [-0.4, -0.2) is 62.8 Å². The molecule has 19 heavy (non-hydrogen) atoms. The minimum absolute atomic E-state index is 0.166. The summed E-state index contributed by atoms with van der Waals surface area (Å²) in [4.78, 5) is 13.9. The van der Waals surface area contributed by atoms with E-state index in [9.17, 15) is 4.79 Å². The van der Waals surface area contributed by atoms with Crippen LogP contribution in [0.25, 0.3) is 0 Å². The molecular formula is C14H29N3O2. The third kappa shape index (κ3) is 7.50. The summed E-state index contributed by atoms with van der Waals surface area (Å²) in [5.74, 6) is 0.166. The summed E-state index contributed by atoms with van der Waals surface area (Å²) in [6, 6.07) is 0. The molecular weight excluding hydrogens is 242 g/mol. The molecule has 1 aliphatic heterocycles. The lowest BCUT2D eigenvalue weighted by Gasteiger charge is -2.35. The lowest BCUT2D eigenvalue weighted by atomic mass is 10.2. The Labute approximate surface area is 117 Å². The molecule has 0 aliphatic carbocycles. The van der Waals surface area contributed by atoms with Crippen molar-refractivity contribution >= 4 is 5.91 Å². The van der Waals surface area contributed by atoms with Gasteiger partial charge in [-0.2, -0.15) is 0 Å². The first-order valence-corrected chi connectivity index (χ1v) is 7.41. The number of morpholine rings is 1. The van der Waals surface area contributed by atoms with E-state index in [1.54, 1.807) is 0 Å². The number of rotatable bonds is 8. The average Bonchev–Trinajstić information content (AvgIpc) is 2.34. The van der Waals surface area contributed by atoms with Gasteiger partial charge in [0, 0.05) is 32.6 Å². The summed E-state index contributed by atoms with van der Waals surface area (Å²) in [5, 5.41) is 6.02. The average molecular weight is 271 g/mol. The third-order valence-electron chi connectivity index (χ3n) is 3.30. The van der Waals surface area contributed by atoms with Gasteiger partial charge in [0.05, 0.1) is 12.2 Å². The Morgan fingerprint density at radius 1 is 1.21 bits per heavy atom. The lowest BCUT2D eigenvalue weighted by Crippen LogP contribution is -2.46. The van der Waals surface area contributed by atoms with Gasteiger partial charge in [0.2, 0.25) is 5.91 Å². The zero-order chi connectivity index (χ0) is 14.1. The van der Waals surface area contributed by atoms with Crippen molar-refractivity contribution in [1.29, 1.82) is 0 Å². The molecule has 0 aromatic carbocycles. The molecule has 2 N–H and O–H groups in total. The van der Waals surface area contributed by atoms with Crippen LogP contribution in [0.2, 0.25) is 0 Å². The maximum atomic E-state index is 11.5. The monoisotopic (exact) mass is 271 g/mol. The van der Waals surface area contributed by atoms with Gasteiger partial charge in [0.15, 0.2) is 0 Å². The normalized spacial score (nSPS) is 24.4. The van der Waals surface area contributed by atoms with Crippen LogP contribution in [0.1, 0.15) is 33.1 Å². The SMILES string of the molecule is CNCCCC(=O)NCCCN1CC(C)OC(C)C1. The quantitative estimate of drug-likeness (QED) is 0.635. The van der Waals surface area contributed by atoms with Crippen LogP contribution in [0, 0.1) is 0 Å². The molecule has 1 aliphatic rings. The fraction of sp³-hybridized carbons (Fsp3) is 0.929. The van der Waals surface area contributed by atoms with E-state index in [2.05, 4.69) is 29.4 Å². The molecule has 1 amide bonds. The van der Waals surface area contributed by atoms with E-state index in [-0.39, 0.29) is 5.91 Å². The Hall–Kier alpha value is -0.650. The Morgan fingerprint density at radius 2 is 1.89 bits per heavy atom. The van der Waals surface area contributed by atoms with E-state index < -0.39 is 0 Å². The van der Waals surface area contributed by atoms with Gasteiger partial charge in [-0.25, -0.2) is 0 Å². The van der Waals surface area contributed by atoms with Gasteiger partial charge >= 0.3 is 0 Å². The van der Waals surface area contributed by atoms with Crippen molar-refractivity contribution in [2.45, 2.75) is 45.3 Å². The second-order valence-corrected chi connectivity index (χ2v) is 5.43. The molecule has 5 nitrogen and oxygen atoms in total. The van der Waals surface area contributed by atoms with Crippen LogP contribution >= 0.6 is 0 Å². The summed E-state index contributed by atoms with van der Waals surface area (Å²) in [5.41, 5.74) is 0. The number of carbonyl (C=O) groups is 1. The van der Waals surface area contributed by atoms with E-state index in [0.717, 1.165) is 45.6 Å². The van der Waals surface area contributed by atoms with Gasteiger partial charge in [-0.05, 0) is 40.3 Å². The number of hydrogen-bond acceptors (Lipinski definition) is 4. The number of carbonyl (C=O) groups excluding carboxylic acids is 1.